The first-order chi connectivity index (χ1) is 11.6. The van der Waals surface area contributed by atoms with Gasteiger partial charge in [0.15, 0.2) is 0 Å². The quantitative estimate of drug-likeness (QED) is 0.604. The van der Waals surface area contributed by atoms with Crippen LogP contribution in [0.5, 0.6) is 0 Å². The van der Waals surface area contributed by atoms with Gasteiger partial charge in [-0.2, -0.15) is 0 Å². The van der Waals surface area contributed by atoms with Crippen LogP contribution < -0.4 is 0 Å². The topological polar surface area (TPSA) is 41.0 Å². The third-order valence-corrected chi connectivity index (χ3v) is 4.55. The molecule has 2 aromatic rings. The smallest absolute Gasteiger partial charge is 0.109 e. The van der Waals surface area contributed by atoms with Crippen molar-refractivity contribution in [1.29, 1.82) is 0 Å². The number of allylic oxidation sites excluding steroid dienone is 2. The molecule has 0 aliphatic heterocycles. The van der Waals surface area contributed by atoms with Gasteiger partial charge in [0.05, 0.1) is 11.9 Å². The van der Waals surface area contributed by atoms with Crippen molar-refractivity contribution >= 4 is 11.8 Å². The molecule has 1 atom stereocenters. The van der Waals surface area contributed by atoms with Gasteiger partial charge in [-0.1, -0.05) is 51.0 Å². The van der Waals surface area contributed by atoms with Crippen molar-refractivity contribution in [2.24, 2.45) is 4.99 Å². The molecule has 0 amide bonds. The third kappa shape index (κ3) is 4.44. The lowest BCUT2D eigenvalue weighted by molar-refractivity contribution is 0.601. The molecule has 24 heavy (non-hydrogen) atoms. The van der Waals surface area contributed by atoms with Crippen molar-refractivity contribution in [1.82, 2.24) is 9.97 Å². The van der Waals surface area contributed by atoms with Gasteiger partial charge >= 0.3 is 0 Å². The Bertz CT molecular complexity index is 705. The maximum Gasteiger partial charge on any atom is 0.109 e. The van der Waals surface area contributed by atoms with Gasteiger partial charge in [0.1, 0.15) is 5.82 Å². The van der Waals surface area contributed by atoms with Gasteiger partial charge in [-0.25, -0.2) is 4.98 Å². The summed E-state index contributed by atoms with van der Waals surface area (Å²) in [6, 6.07) is 8.60. The maximum atomic E-state index is 4.57. The molecule has 3 nitrogen and oxygen atoms in total. The number of hydrogen-bond acceptors (Lipinski definition) is 2. The number of nitrogens with one attached hydrogen (secondary N) is 1. The summed E-state index contributed by atoms with van der Waals surface area (Å²) in [5.41, 5.74) is 5.73. The predicted octanol–water partition coefficient (Wildman–Crippen LogP) is 6.21. The van der Waals surface area contributed by atoms with Gasteiger partial charge in [0.25, 0.3) is 0 Å². The van der Waals surface area contributed by atoms with E-state index in [0.29, 0.717) is 5.92 Å². The summed E-state index contributed by atoms with van der Waals surface area (Å²) in [6.07, 6.45) is 7.44. The Morgan fingerprint density at radius 3 is 2.58 bits per heavy atom. The molecular formula is C21H29N3. The van der Waals surface area contributed by atoms with Crippen LogP contribution in [0.4, 0.5) is 0 Å². The number of imidazole rings is 1. The van der Waals surface area contributed by atoms with E-state index in [1.165, 1.54) is 36.0 Å². The van der Waals surface area contributed by atoms with Crippen LogP contribution >= 0.6 is 0 Å². The van der Waals surface area contributed by atoms with Gasteiger partial charge < -0.3 is 4.98 Å². The van der Waals surface area contributed by atoms with E-state index in [2.05, 4.69) is 60.0 Å². The number of benzene rings is 1. The van der Waals surface area contributed by atoms with E-state index >= 15 is 0 Å². The summed E-state index contributed by atoms with van der Waals surface area (Å²) < 4.78 is 0. The van der Waals surface area contributed by atoms with Crippen LogP contribution in [0, 0.1) is 0 Å². The van der Waals surface area contributed by atoms with Crippen LogP contribution in [-0.4, -0.2) is 16.2 Å². The summed E-state index contributed by atoms with van der Waals surface area (Å²) in [5.74, 6) is 1.57. The molecule has 0 aliphatic rings. The number of aromatic nitrogens is 2. The van der Waals surface area contributed by atoms with Crippen molar-refractivity contribution in [2.75, 3.05) is 0 Å². The second-order valence-electron chi connectivity index (χ2n) is 6.40. The molecule has 0 spiro atoms. The number of H-pyrrole nitrogens is 1. The number of aliphatic imine (C=N–C) groups is 1. The molecule has 1 aromatic carbocycles. The Kier molecular flexibility index (Phi) is 6.53. The molecule has 2 rings (SSSR count). The maximum absolute atomic E-state index is 4.57. The van der Waals surface area contributed by atoms with E-state index in [1.54, 1.807) is 0 Å². The zero-order chi connectivity index (χ0) is 17.5. The first-order valence-corrected chi connectivity index (χ1v) is 8.88. The monoisotopic (exact) mass is 323 g/mol. The van der Waals surface area contributed by atoms with E-state index < -0.39 is 0 Å². The van der Waals surface area contributed by atoms with Gasteiger partial charge in [-0.15, -0.1) is 0 Å². The van der Waals surface area contributed by atoms with Crippen LogP contribution in [0.2, 0.25) is 0 Å². The Hall–Kier alpha value is -2.16. The Labute approximate surface area is 146 Å². The van der Waals surface area contributed by atoms with E-state index in [4.69, 9.17) is 0 Å². The fourth-order valence-electron chi connectivity index (χ4n) is 2.78. The Morgan fingerprint density at radius 1 is 1.25 bits per heavy atom. The summed E-state index contributed by atoms with van der Waals surface area (Å²) in [7, 11) is 0. The van der Waals surface area contributed by atoms with Crippen LogP contribution in [0.3, 0.4) is 0 Å². The van der Waals surface area contributed by atoms with Gasteiger partial charge in [-0.05, 0) is 43.9 Å². The first-order valence-electron chi connectivity index (χ1n) is 8.88. The van der Waals surface area contributed by atoms with E-state index in [-0.39, 0.29) is 0 Å². The number of unbranched alkanes of at least 4 members (excludes halogenated alkanes) is 1. The highest BCUT2D eigenvalue weighted by atomic mass is 14.9. The van der Waals surface area contributed by atoms with Crippen molar-refractivity contribution < 1.29 is 0 Å². The largest absolute Gasteiger partial charge is 0.342 e. The predicted molar refractivity (Wildman–Crippen MR) is 104 cm³/mol. The highest BCUT2D eigenvalue weighted by molar-refractivity contribution is 5.71. The van der Waals surface area contributed by atoms with E-state index in [0.717, 1.165) is 17.2 Å². The van der Waals surface area contributed by atoms with Gasteiger partial charge in [0, 0.05) is 17.8 Å². The zero-order valence-electron chi connectivity index (χ0n) is 15.6. The summed E-state index contributed by atoms with van der Waals surface area (Å²) >= 11 is 0. The number of rotatable bonds is 7. The molecule has 1 N–H and O–H groups in total. The molecule has 0 aliphatic carbocycles. The number of aromatic amines is 1. The highest BCUT2D eigenvalue weighted by Crippen LogP contribution is 2.25. The van der Waals surface area contributed by atoms with Crippen molar-refractivity contribution in [2.45, 2.75) is 59.8 Å². The van der Waals surface area contributed by atoms with Crippen molar-refractivity contribution in [3.63, 3.8) is 0 Å². The van der Waals surface area contributed by atoms with Crippen molar-refractivity contribution in [3.8, 4) is 11.3 Å². The van der Waals surface area contributed by atoms with Crippen LogP contribution in [0.1, 0.15) is 71.2 Å². The SMILES string of the molecule is C/C=N\C(C)=C(/C)c1ccc(-c2cnc(C(C)CCCC)[nH]2)cc1. The lowest BCUT2D eigenvalue weighted by Gasteiger charge is -2.07. The fourth-order valence-corrected chi connectivity index (χ4v) is 2.78. The standard InChI is InChI=1S/C21H29N3/c1-6-8-9-15(3)21-23-14-20(24-21)19-12-10-18(11-13-19)16(4)17(5)22-7-2/h7,10-15H,6,8-9H2,1-5H3,(H,23,24)/b17-16+,22-7-. The average Bonchev–Trinajstić information content (AvgIpc) is 3.09. The molecule has 0 bridgehead atoms. The lowest BCUT2D eigenvalue weighted by atomic mass is 10.0. The molecule has 0 fully saturated rings. The number of hydrogen-bond donors (Lipinski definition) is 1. The normalized spacial score (nSPS) is 14.0. The lowest BCUT2D eigenvalue weighted by Crippen LogP contribution is -1.96. The minimum atomic E-state index is 0.484. The molecule has 1 unspecified atom stereocenters. The Morgan fingerprint density at radius 2 is 1.96 bits per heavy atom. The molecular weight excluding hydrogens is 294 g/mol. The third-order valence-electron chi connectivity index (χ3n) is 4.55. The Balaban J connectivity index is 2.17. The molecule has 1 heterocycles. The van der Waals surface area contributed by atoms with Crippen LogP contribution in [-0.2, 0) is 0 Å². The van der Waals surface area contributed by atoms with Crippen LogP contribution in [0.15, 0.2) is 41.2 Å². The second kappa shape index (κ2) is 8.62. The summed E-state index contributed by atoms with van der Waals surface area (Å²) in [5, 5.41) is 0. The summed E-state index contributed by atoms with van der Waals surface area (Å²) in [4.78, 5) is 12.4. The van der Waals surface area contributed by atoms with Gasteiger partial charge in [-0.3, -0.25) is 4.99 Å². The molecule has 128 valence electrons. The minimum Gasteiger partial charge on any atom is -0.342 e. The van der Waals surface area contributed by atoms with E-state index in [9.17, 15) is 0 Å². The molecule has 0 saturated heterocycles. The molecule has 3 heteroatoms. The highest BCUT2D eigenvalue weighted by Gasteiger charge is 2.10. The summed E-state index contributed by atoms with van der Waals surface area (Å²) in [6.45, 7) is 10.6. The minimum absolute atomic E-state index is 0.484. The zero-order valence-corrected chi connectivity index (χ0v) is 15.6. The molecule has 0 radical (unpaired) electrons. The van der Waals surface area contributed by atoms with Crippen LogP contribution in [0.25, 0.3) is 16.8 Å². The van der Waals surface area contributed by atoms with Gasteiger partial charge in [0.2, 0.25) is 0 Å². The second-order valence-corrected chi connectivity index (χ2v) is 6.40. The first kappa shape index (κ1) is 18.2. The molecule has 1 aromatic heterocycles. The van der Waals surface area contributed by atoms with Crippen molar-refractivity contribution in [3.05, 3.63) is 47.5 Å². The molecule has 0 saturated carbocycles. The average molecular weight is 323 g/mol. The van der Waals surface area contributed by atoms with E-state index in [1.807, 2.05) is 26.3 Å². The fraction of sp³-hybridized carbons (Fsp3) is 0.429. The number of nitrogens with zero attached hydrogens (tertiary/aromatic N) is 2.